The number of hydrogen-bond donors (Lipinski definition) is 1. The normalized spacial score (nSPS) is 10.9. The molecule has 0 saturated carbocycles. The maximum absolute atomic E-state index is 12.7. The standard InChI is InChI=1S/C29H25N3O2/c1-21-16-17-32-26(18-21)31-28(29(32)30-20-23-12-6-3-7-13-23)24-14-8-9-15-25(24)34-27(33)19-22-10-4-2-5-11-22/h2-18,30H,19-20H2,1H3. The summed E-state index contributed by atoms with van der Waals surface area (Å²) >= 11 is 0. The Hall–Kier alpha value is -4.38. The molecule has 5 heteroatoms. The highest BCUT2D eigenvalue weighted by atomic mass is 16.5. The molecule has 0 aliphatic rings. The van der Waals surface area contributed by atoms with Crippen molar-refractivity contribution in [1.82, 2.24) is 9.38 Å². The molecule has 0 amide bonds. The van der Waals surface area contributed by atoms with Crippen molar-refractivity contribution in [3.8, 4) is 17.0 Å². The van der Waals surface area contributed by atoms with E-state index < -0.39 is 0 Å². The van der Waals surface area contributed by atoms with Gasteiger partial charge < -0.3 is 10.1 Å². The number of pyridine rings is 1. The molecule has 5 aromatic rings. The molecule has 0 aliphatic heterocycles. The van der Waals surface area contributed by atoms with E-state index in [0.717, 1.165) is 39.4 Å². The van der Waals surface area contributed by atoms with E-state index in [1.165, 1.54) is 0 Å². The summed E-state index contributed by atoms with van der Waals surface area (Å²) in [7, 11) is 0. The third kappa shape index (κ3) is 4.69. The largest absolute Gasteiger partial charge is 0.426 e. The zero-order chi connectivity index (χ0) is 23.3. The number of nitrogens with one attached hydrogen (secondary N) is 1. The Balaban J connectivity index is 1.50. The maximum atomic E-state index is 12.7. The number of fused-ring (bicyclic) bond motifs is 1. The molecule has 34 heavy (non-hydrogen) atoms. The van der Waals surface area contributed by atoms with E-state index >= 15 is 0 Å². The molecule has 0 bridgehead atoms. The number of carbonyl (C=O) groups excluding carboxylic acids is 1. The number of nitrogens with zero attached hydrogens (tertiary/aromatic N) is 2. The molecule has 0 saturated heterocycles. The van der Waals surface area contributed by atoms with Crippen LogP contribution >= 0.6 is 0 Å². The van der Waals surface area contributed by atoms with Crippen LogP contribution in [-0.4, -0.2) is 15.4 Å². The quantitative estimate of drug-likeness (QED) is 0.243. The number of benzene rings is 3. The first-order valence-corrected chi connectivity index (χ1v) is 11.3. The fourth-order valence-corrected chi connectivity index (χ4v) is 3.96. The van der Waals surface area contributed by atoms with Crippen molar-refractivity contribution in [3.63, 3.8) is 0 Å². The van der Waals surface area contributed by atoms with Gasteiger partial charge in [0.2, 0.25) is 0 Å². The number of para-hydroxylation sites is 1. The molecule has 0 atom stereocenters. The second-order valence-electron chi connectivity index (χ2n) is 8.21. The van der Waals surface area contributed by atoms with Gasteiger partial charge in [0.1, 0.15) is 22.9 Å². The average Bonchev–Trinajstić information content (AvgIpc) is 3.21. The SMILES string of the molecule is Cc1ccn2c(NCc3ccccc3)c(-c3ccccc3OC(=O)Cc3ccccc3)nc2c1. The summed E-state index contributed by atoms with van der Waals surface area (Å²) in [6.07, 6.45) is 2.22. The van der Waals surface area contributed by atoms with Crippen LogP contribution in [0.3, 0.4) is 0 Å². The molecular formula is C29H25N3O2. The number of carbonyl (C=O) groups is 1. The highest BCUT2D eigenvalue weighted by Gasteiger charge is 2.19. The summed E-state index contributed by atoms with van der Waals surface area (Å²) in [5, 5.41) is 3.55. The van der Waals surface area contributed by atoms with Crippen molar-refractivity contribution in [2.75, 3.05) is 5.32 Å². The van der Waals surface area contributed by atoms with Gasteiger partial charge in [-0.2, -0.15) is 0 Å². The van der Waals surface area contributed by atoms with Crippen LogP contribution in [0.15, 0.2) is 103 Å². The van der Waals surface area contributed by atoms with E-state index in [1.807, 2.05) is 96.4 Å². The zero-order valence-electron chi connectivity index (χ0n) is 18.9. The lowest BCUT2D eigenvalue weighted by molar-refractivity contribution is -0.133. The predicted molar refractivity (Wildman–Crippen MR) is 135 cm³/mol. The van der Waals surface area contributed by atoms with E-state index in [-0.39, 0.29) is 12.4 Å². The first-order valence-electron chi connectivity index (χ1n) is 11.3. The van der Waals surface area contributed by atoms with Gasteiger partial charge in [-0.25, -0.2) is 4.98 Å². The second kappa shape index (κ2) is 9.63. The lowest BCUT2D eigenvalue weighted by Crippen LogP contribution is -2.12. The number of rotatable bonds is 7. The Morgan fingerprint density at radius 3 is 2.32 bits per heavy atom. The first-order chi connectivity index (χ1) is 16.7. The molecule has 3 aromatic carbocycles. The summed E-state index contributed by atoms with van der Waals surface area (Å²) in [5.74, 6) is 1.04. The van der Waals surface area contributed by atoms with Gasteiger partial charge >= 0.3 is 5.97 Å². The van der Waals surface area contributed by atoms with Gasteiger partial charge in [0.15, 0.2) is 0 Å². The van der Waals surface area contributed by atoms with Crippen LogP contribution in [0.4, 0.5) is 5.82 Å². The number of esters is 1. The zero-order valence-corrected chi connectivity index (χ0v) is 18.9. The van der Waals surface area contributed by atoms with E-state index in [0.29, 0.717) is 12.3 Å². The van der Waals surface area contributed by atoms with Crippen LogP contribution in [0.2, 0.25) is 0 Å². The lowest BCUT2D eigenvalue weighted by atomic mass is 10.1. The van der Waals surface area contributed by atoms with Crippen LogP contribution in [-0.2, 0) is 17.8 Å². The van der Waals surface area contributed by atoms with Crippen LogP contribution < -0.4 is 10.1 Å². The van der Waals surface area contributed by atoms with E-state index in [1.54, 1.807) is 0 Å². The van der Waals surface area contributed by atoms with Gasteiger partial charge in [0.25, 0.3) is 0 Å². The molecular weight excluding hydrogens is 422 g/mol. The molecule has 1 N–H and O–H groups in total. The summed E-state index contributed by atoms with van der Waals surface area (Å²) in [6, 6.07) is 31.5. The maximum Gasteiger partial charge on any atom is 0.315 e. The molecule has 0 aliphatic carbocycles. The molecule has 5 rings (SSSR count). The summed E-state index contributed by atoms with van der Waals surface area (Å²) in [4.78, 5) is 17.6. The fraction of sp³-hybridized carbons (Fsp3) is 0.103. The Kier molecular flexibility index (Phi) is 6.08. The Morgan fingerprint density at radius 2 is 1.56 bits per heavy atom. The fourth-order valence-electron chi connectivity index (χ4n) is 3.96. The molecule has 0 fully saturated rings. The third-order valence-corrected chi connectivity index (χ3v) is 5.64. The van der Waals surface area contributed by atoms with Crippen molar-refractivity contribution in [2.24, 2.45) is 0 Å². The molecule has 168 valence electrons. The second-order valence-corrected chi connectivity index (χ2v) is 8.21. The number of aryl methyl sites for hydroxylation is 1. The molecule has 5 nitrogen and oxygen atoms in total. The number of imidazole rings is 1. The minimum absolute atomic E-state index is 0.207. The van der Waals surface area contributed by atoms with Crippen molar-refractivity contribution in [2.45, 2.75) is 19.9 Å². The van der Waals surface area contributed by atoms with Crippen LogP contribution in [0, 0.1) is 6.92 Å². The van der Waals surface area contributed by atoms with E-state index in [9.17, 15) is 4.79 Å². The van der Waals surface area contributed by atoms with Gasteiger partial charge in [-0.05, 0) is 47.9 Å². The third-order valence-electron chi connectivity index (χ3n) is 5.64. The van der Waals surface area contributed by atoms with Crippen molar-refractivity contribution in [1.29, 1.82) is 0 Å². The van der Waals surface area contributed by atoms with E-state index in [2.05, 4.69) is 23.5 Å². The molecule has 2 aromatic heterocycles. The lowest BCUT2D eigenvalue weighted by Gasteiger charge is -2.12. The molecule has 0 unspecified atom stereocenters. The van der Waals surface area contributed by atoms with Gasteiger partial charge in [-0.1, -0.05) is 72.8 Å². The minimum atomic E-state index is -0.308. The summed E-state index contributed by atoms with van der Waals surface area (Å²) in [5.41, 5.74) is 5.54. The minimum Gasteiger partial charge on any atom is -0.426 e. The number of aromatic nitrogens is 2. The highest BCUT2D eigenvalue weighted by molar-refractivity contribution is 5.83. The van der Waals surface area contributed by atoms with Gasteiger partial charge in [-0.15, -0.1) is 0 Å². The number of ether oxygens (including phenoxy) is 1. The van der Waals surface area contributed by atoms with Crippen LogP contribution in [0.5, 0.6) is 5.75 Å². The average molecular weight is 448 g/mol. The first kappa shape index (κ1) is 21.5. The van der Waals surface area contributed by atoms with Crippen molar-refractivity contribution in [3.05, 3.63) is 120 Å². The highest BCUT2D eigenvalue weighted by Crippen LogP contribution is 2.36. The van der Waals surface area contributed by atoms with Gasteiger partial charge in [0.05, 0.1) is 6.42 Å². The van der Waals surface area contributed by atoms with Gasteiger partial charge in [-0.3, -0.25) is 9.20 Å². The Morgan fingerprint density at radius 1 is 0.882 bits per heavy atom. The predicted octanol–water partition coefficient (Wildman–Crippen LogP) is 6.07. The van der Waals surface area contributed by atoms with Gasteiger partial charge in [0, 0.05) is 18.3 Å². The van der Waals surface area contributed by atoms with Crippen LogP contribution in [0.25, 0.3) is 16.9 Å². The smallest absolute Gasteiger partial charge is 0.315 e. The summed E-state index contributed by atoms with van der Waals surface area (Å²) < 4.78 is 7.86. The van der Waals surface area contributed by atoms with Crippen molar-refractivity contribution >= 4 is 17.4 Å². The van der Waals surface area contributed by atoms with Crippen LogP contribution in [0.1, 0.15) is 16.7 Å². The Labute approximate surface area is 198 Å². The molecule has 0 radical (unpaired) electrons. The number of anilines is 1. The summed E-state index contributed by atoms with van der Waals surface area (Å²) in [6.45, 7) is 2.69. The number of hydrogen-bond acceptors (Lipinski definition) is 4. The molecule has 0 spiro atoms. The Bertz CT molecular complexity index is 1430. The van der Waals surface area contributed by atoms with E-state index in [4.69, 9.17) is 9.72 Å². The topological polar surface area (TPSA) is 55.6 Å². The van der Waals surface area contributed by atoms with Crippen molar-refractivity contribution < 1.29 is 9.53 Å². The molecule has 2 heterocycles. The monoisotopic (exact) mass is 447 g/mol.